The van der Waals surface area contributed by atoms with Crippen LogP contribution in [0.4, 0.5) is 5.69 Å². The third-order valence-corrected chi connectivity index (χ3v) is 8.97. The van der Waals surface area contributed by atoms with Crippen molar-refractivity contribution in [3.63, 3.8) is 0 Å². The highest BCUT2D eigenvalue weighted by Crippen LogP contribution is 2.40. The van der Waals surface area contributed by atoms with Crippen LogP contribution in [0.5, 0.6) is 5.75 Å². The molecule has 196 valence electrons. The van der Waals surface area contributed by atoms with E-state index in [1.165, 1.54) is 9.69 Å². The lowest BCUT2D eigenvalue weighted by Crippen LogP contribution is -2.39. The molecule has 0 unspecified atom stereocenters. The van der Waals surface area contributed by atoms with Crippen LogP contribution in [-0.4, -0.2) is 45.2 Å². The molecule has 1 atom stereocenters. The Morgan fingerprint density at radius 1 is 1.26 bits per heavy atom. The lowest BCUT2D eigenvalue weighted by atomic mass is 9.85. The third kappa shape index (κ3) is 7.07. The fourth-order valence-corrected chi connectivity index (χ4v) is 6.51. The molecule has 35 heavy (non-hydrogen) atoms. The molecule has 0 aromatic carbocycles. The predicted molar refractivity (Wildman–Crippen MR) is 138 cm³/mol. The summed E-state index contributed by atoms with van der Waals surface area (Å²) in [6.07, 6.45) is 0. The molecule has 0 fully saturated rings. The van der Waals surface area contributed by atoms with Crippen molar-refractivity contribution in [3.05, 3.63) is 41.3 Å². The quantitative estimate of drug-likeness (QED) is 0.260. The van der Waals surface area contributed by atoms with Crippen LogP contribution in [0.2, 0.25) is 0 Å². The standard InChI is InChI=1S/C21H33N5O6S3/c1-8-26(9-2)34(28,29)20-17(27)15(12-33-20)23-14(4)19(25-35(22,30)31)24-18(21(5,6)7)16-11-10-13(3)32-16/h10-12,18,23,27H,4,8-9H2,1-3,5-7H3,(H,24,25)(H2,22,30,31)/t18-/m0/s1. The number of aryl methyl sites for hydroxylation is 1. The Labute approximate surface area is 211 Å². The van der Waals surface area contributed by atoms with E-state index in [-0.39, 0.29) is 34.5 Å². The first-order valence-corrected chi connectivity index (χ1v) is 14.6. The molecule has 0 bridgehead atoms. The van der Waals surface area contributed by atoms with Gasteiger partial charge in [0, 0.05) is 18.5 Å². The van der Waals surface area contributed by atoms with E-state index in [0.717, 1.165) is 11.3 Å². The maximum absolute atomic E-state index is 12.8. The maximum Gasteiger partial charge on any atom is 0.319 e. The number of aromatic hydroxyl groups is 1. The molecule has 2 rings (SSSR count). The fourth-order valence-electron chi connectivity index (χ4n) is 3.26. The summed E-state index contributed by atoms with van der Waals surface area (Å²) in [7, 11) is -8.25. The van der Waals surface area contributed by atoms with Gasteiger partial charge in [-0.1, -0.05) is 41.2 Å². The van der Waals surface area contributed by atoms with E-state index in [4.69, 9.17) is 9.56 Å². The summed E-state index contributed by atoms with van der Waals surface area (Å²) in [6.45, 7) is 15.2. The van der Waals surface area contributed by atoms with Crippen molar-refractivity contribution < 1.29 is 26.4 Å². The lowest BCUT2D eigenvalue weighted by molar-refractivity contribution is 0.260. The molecule has 2 aromatic heterocycles. The summed E-state index contributed by atoms with van der Waals surface area (Å²) in [5.74, 6) is 0.478. The largest absolute Gasteiger partial charge is 0.504 e. The van der Waals surface area contributed by atoms with Crippen molar-refractivity contribution in [2.45, 2.75) is 51.8 Å². The number of sulfonamides is 1. The second-order valence-corrected chi connectivity index (χ2v) is 13.1. The molecule has 2 aromatic rings. The Morgan fingerprint density at radius 3 is 2.31 bits per heavy atom. The van der Waals surface area contributed by atoms with Crippen LogP contribution < -0.4 is 15.8 Å². The minimum Gasteiger partial charge on any atom is -0.504 e. The molecule has 0 radical (unpaired) electrons. The molecule has 14 heteroatoms. The first kappa shape index (κ1) is 28.8. The van der Waals surface area contributed by atoms with Crippen LogP contribution >= 0.6 is 11.3 Å². The third-order valence-electron chi connectivity index (χ3n) is 4.99. The number of hydrogen-bond donors (Lipinski definition) is 4. The van der Waals surface area contributed by atoms with Crippen LogP contribution in [0.1, 0.15) is 52.2 Å². The Bertz CT molecular complexity index is 1300. The number of furan rings is 1. The number of amidine groups is 1. The van der Waals surface area contributed by atoms with E-state index >= 15 is 0 Å². The van der Waals surface area contributed by atoms with E-state index in [2.05, 4.69) is 21.6 Å². The second-order valence-electron chi connectivity index (χ2n) is 8.82. The summed E-state index contributed by atoms with van der Waals surface area (Å²) in [5.41, 5.74) is -0.494. The van der Waals surface area contributed by atoms with E-state index in [1.54, 1.807) is 32.9 Å². The zero-order valence-corrected chi connectivity index (χ0v) is 23.1. The van der Waals surface area contributed by atoms with Gasteiger partial charge in [-0.2, -0.15) is 12.7 Å². The maximum atomic E-state index is 12.8. The van der Waals surface area contributed by atoms with Gasteiger partial charge in [0.15, 0.2) is 15.8 Å². The van der Waals surface area contributed by atoms with Gasteiger partial charge >= 0.3 is 10.2 Å². The van der Waals surface area contributed by atoms with Crippen molar-refractivity contribution in [2.24, 2.45) is 15.0 Å². The predicted octanol–water partition coefficient (Wildman–Crippen LogP) is 3.29. The highest BCUT2D eigenvalue weighted by molar-refractivity contribution is 7.91. The number of rotatable bonds is 10. The van der Waals surface area contributed by atoms with Crippen LogP contribution in [0.25, 0.3) is 0 Å². The Kier molecular flexibility index (Phi) is 8.82. The Balaban J connectivity index is 2.44. The van der Waals surface area contributed by atoms with Crippen LogP contribution in [0.3, 0.4) is 0 Å². The topological polar surface area (TPSA) is 167 Å². The van der Waals surface area contributed by atoms with Crippen molar-refractivity contribution in [1.29, 1.82) is 0 Å². The van der Waals surface area contributed by atoms with Crippen molar-refractivity contribution >= 4 is 43.1 Å². The van der Waals surface area contributed by atoms with Crippen LogP contribution in [0.15, 0.2) is 42.8 Å². The van der Waals surface area contributed by atoms with Crippen molar-refractivity contribution in [1.82, 2.24) is 9.62 Å². The summed E-state index contributed by atoms with van der Waals surface area (Å²) in [6, 6.07) is 3.00. The van der Waals surface area contributed by atoms with E-state index in [0.29, 0.717) is 11.5 Å². The number of nitrogens with zero attached hydrogens (tertiary/aromatic N) is 2. The normalized spacial score (nSPS) is 14.2. The van der Waals surface area contributed by atoms with Gasteiger partial charge in [0.25, 0.3) is 10.0 Å². The first-order valence-electron chi connectivity index (χ1n) is 10.7. The lowest BCUT2D eigenvalue weighted by Gasteiger charge is -2.31. The van der Waals surface area contributed by atoms with E-state index in [1.807, 2.05) is 20.8 Å². The molecule has 0 aliphatic rings. The number of anilines is 1. The smallest absolute Gasteiger partial charge is 0.319 e. The van der Waals surface area contributed by atoms with Crippen molar-refractivity contribution in [2.75, 3.05) is 18.4 Å². The average Bonchev–Trinajstić information content (AvgIpc) is 3.30. The monoisotopic (exact) mass is 547 g/mol. The summed E-state index contributed by atoms with van der Waals surface area (Å²) < 4.78 is 59.6. The molecule has 5 N–H and O–H groups in total. The first-order chi connectivity index (χ1) is 16.0. The molecular formula is C21H33N5O6S3. The molecule has 0 saturated carbocycles. The number of hydrogen-bond acceptors (Lipinski definition) is 8. The number of nitrogens with one attached hydrogen (secondary N) is 2. The van der Waals surface area contributed by atoms with Gasteiger partial charge in [-0.05, 0) is 24.5 Å². The molecule has 0 spiro atoms. The van der Waals surface area contributed by atoms with E-state index in [9.17, 15) is 21.9 Å². The molecule has 0 aliphatic carbocycles. The summed E-state index contributed by atoms with van der Waals surface area (Å²) in [5, 5.41) is 23.0. The summed E-state index contributed by atoms with van der Waals surface area (Å²) in [4.78, 5) is 0. The minimum atomic E-state index is -4.34. The van der Waals surface area contributed by atoms with Gasteiger partial charge in [0.2, 0.25) is 0 Å². The van der Waals surface area contributed by atoms with Crippen LogP contribution in [-0.2, 0) is 20.2 Å². The van der Waals surface area contributed by atoms with Gasteiger partial charge in [-0.15, -0.1) is 15.7 Å². The molecular weight excluding hydrogens is 514 g/mol. The fraction of sp³-hybridized carbons (Fsp3) is 0.476. The molecule has 11 nitrogen and oxygen atoms in total. The molecule has 0 amide bonds. The van der Waals surface area contributed by atoms with Gasteiger partial charge < -0.3 is 20.2 Å². The Hall–Kier alpha value is -2.39. The number of thiophene rings is 1. The molecule has 0 saturated heterocycles. The number of nitrogens with two attached hydrogens (primary N) is 1. The van der Waals surface area contributed by atoms with Crippen LogP contribution in [0, 0.1) is 12.3 Å². The second kappa shape index (κ2) is 10.7. The van der Waals surface area contributed by atoms with Gasteiger partial charge in [-0.3, -0.25) is 0 Å². The minimum absolute atomic E-state index is 0.0239. The highest BCUT2D eigenvalue weighted by atomic mass is 32.2. The molecule has 2 heterocycles. The summed E-state index contributed by atoms with van der Waals surface area (Å²) >= 11 is 0.825. The van der Waals surface area contributed by atoms with Crippen molar-refractivity contribution in [3.8, 4) is 5.75 Å². The highest BCUT2D eigenvalue weighted by Gasteiger charge is 2.32. The zero-order chi connectivity index (χ0) is 26.8. The SMILES string of the molecule is C=C(Nc1csc(S(=O)(=O)N(CC)CC)c1O)/C(=N\S(N)(=O)=O)N[C@@H](c1ccc(C)o1)C(C)(C)C. The van der Waals surface area contributed by atoms with Gasteiger partial charge in [0.1, 0.15) is 11.5 Å². The average molecular weight is 548 g/mol. The van der Waals surface area contributed by atoms with E-state index < -0.39 is 37.4 Å². The van der Waals surface area contributed by atoms with Gasteiger partial charge in [0.05, 0.1) is 17.4 Å². The molecule has 0 aliphatic heterocycles. The zero-order valence-electron chi connectivity index (χ0n) is 20.6. The van der Waals surface area contributed by atoms with Gasteiger partial charge in [-0.25, -0.2) is 13.6 Å². The Morgan fingerprint density at radius 2 is 1.86 bits per heavy atom.